The Hall–Kier alpha value is -2.06. The van der Waals surface area contributed by atoms with Crippen LogP contribution in [0, 0.1) is 6.92 Å². The van der Waals surface area contributed by atoms with Crippen molar-refractivity contribution in [3.05, 3.63) is 42.0 Å². The first-order valence-electron chi connectivity index (χ1n) is 5.92. The highest BCUT2D eigenvalue weighted by atomic mass is 32.2. The van der Waals surface area contributed by atoms with Crippen LogP contribution in [0.3, 0.4) is 0 Å². The number of anilines is 1. The molecule has 0 saturated heterocycles. The minimum absolute atomic E-state index is 0.0307. The van der Waals surface area contributed by atoms with Crippen LogP contribution >= 0.6 is 0 Å². The van der Waals surface area contributed by atoms with Crippen molar-refractivity contribution in [2.75, 3.05) is 12.4 Å². The molecule has 0 atom stereocenters. The van der Waals surface area contributed by atoms with Gasteiger partial charge in [-0.2, -0.15) is 0 Å². The van der Waals surface area contributed by atoms with Gasteiger partial charge in [0.1, 0.15) is 4.90 Å². The zero-order chi connectivity index (χ0) is 14.6. The van der Waals surface area contributed by atoms with E-state index >= 15 is 0 Å². The summed E-state index contributed by atoms with van der Waals surface area (Å²) in [6.07, 6.45) is 5.84. The quantitative estimate of drug-likeness (QED) is 0.842. The van der Waals surface area contributed by atoms with Crippen molar-refractivity contribution in [1.29, 1.82) is 0 Å². The van der Waals surface area contributed by atoms with Gasteiger partial charge in [-0.15, -0.1) is 0 Å². The lowest BCUT2D eigenvalue weighted by Crippen LogP contribution is -2.24. The maximum atomic E-state index is 12.1. The van der Waals surface area contributed by atoms with Crippen molar-refractivity contribution < 1.29 is 8.42 Å². The number of nitrogens with one attached hydrogen (secondary N) is 2. The van der Waals surface area contributed by atoms with E-state index in [0.717, 1.165) is 11.1 Å². The van der Waals surface area contributed by atoms with Gasteiger partial charge in [0.25, 0.3) is 0 Å². The summed E-state index contributed by atoms with van der Waals surface area (Å²) in [7, 11) is -1.96. The summed E-state index contributed by atoms with van der Waals surface area (Å²) in [5.41, 5.74) is 1.80. The predicted molar refractivity (Wildman–Crippen MR) is 74.6 cm³/mol. The molecule has 0 spiro atoms. The van der Waals surface area contributed by atoms with Gasteiger partial charge in [0.15, 0.2) is 0 Å². The van der Waals surface area contributed by atoms with Crippen molar-refractivity contribution in [1.82, 2.24) is 19.7 Å². The second-order valence-corrected chi connectivity index (χ2v) is 5.89. The molecule has 0 aliphatic rings. The van der Waals surface area contributed by atoms with Crippen LogP contribution in [0.25, 0.3) is 0 Å². The Bertz CT molecular complexity index is 685. The number of pyridine rings is 1. The SMILES string of the molecule is CNc1ncc(S(=O)(=O)NCc2ccncc2C)cn1. The molecular formula is C12H15N5O2S. The Morgan fingerprint density at radius 3 is 2.50 bits per heavy atom. The molecule has 0 radical (unpaired) electrons. The highest BCUT2D eigenvalue weighted by Gasteiger charge is 2.15. The molecule has 106 valence electrons. The zero-order valence-corrected chi connectivity index (χ0v) is 12.0. The van der Waals surface area contributed by atoms with Crippen molar-refractivity contribution in [3.8, 4) is 0 Å². The fourth-order valence-corrected chi connectivity index (χ4v) is 2.44. The molecule has 7 nitrogen and oxygen atoms in total. The lowest BCUT2D eigenvalue weighted by atomic mass is 10.2. The van der Waals surface area contributed by atoms with E-state index in [4.69, 9.17) is 0 Å². The molecule has 8 heteroatoms. The lowest BCUT2D eigenvalue weighted by Gasteiger charge is -2.08. The second-order valence-electron chi connectivity index (χ2n) is 4.12. The number of hydrogen-bond donors (Lipinski definition) is 2. The number of rotatable bonds is 5. The summed E-state index contributed by atoms with van der Waals surface area (Å²) >= 11 is 0. The Morgan fingerprint density at radius 1 is 1.20 bits per heavy atom. The molecule has 0 saturated carbocycles. The van der Waals surface area contributed by atoms with E-state index in [2.05, 4.69) is 25.0 Å². The Morgan fingerprint density at radius 2 is 1.90 bits per heavy atom. The van der Waals surface area contributed by atoms with Crippen molar-refractivity contribution in [2.24, 2.45) is 0 Å². The third-order valence-corrected chi connectivity index (χ3v) is 4.11. The summed E-state index contributed by atoms with van der Waals surface area (Å²) in [5, 5.41) is 2.73. The molecule has 0 fully saturated rings. The van der Waals surface area contributed by atoms with Gasteiger partial charge in [0.05, 0.1) is 12.4 Å². The van der Waals surface area contributed by atoms with Crippen LogP contribution in [0.2, 0.25) is 0 Å². The number of aryl methyl sites for hydroxylation is 1. The van der Waals surface area contributed by atoms with Crippen LogP contribution in [0.4, 0.5) is 5.95 Å². The van der Waals surface area contributed by atoms with Gasteiger partial charge in [-0.05, 0) is 24.1 Å². The molecule has 2 heterocycles. The first kappa shape index (κ1) is 14.4. The summed E-state index contributed by atoms with van der Waals surface area (Å²) in [4.78, 5) is 11.8. The molecule has 0 amide bonds. The van der Waals surface area contributed by atoms with E-state index in [1.54, 1.807) is 25.5 Å². The third kappa shape index (κ3) is 3.28. The Balaban J connectivity index is 2.13. The molecule has 0 unspecified atom stereocenters. The number of sulfonamides is 1. The second kappa shape index (κ2) is 5.93. The average Bonchev–Trinajstić information content (AvgIpc) is 2.46. The predicted octanol–water partition coefficient (Wildman–Crippen LogP) is 0.700. The summed E-state index contributed by atoms with van der Waals surface area (Å²) in [6.45, 7) is 2.08. The van der Waals surface area contributed by atoms with Crippen LogP contribution in [0.15, 0.2) is 35.7 Å². The standard InChI is InChI=1S/C12H15N5O2S/c1-9-5-14-4-3-10(9)6-17-20(18,19)11-7-15-12(13-2)16-8-11/h3-5,7-8,17H,6H2,1-2H3,(H,13,15,16). The first-order valence-corrected chi connectivity index (χ1v) is 7.40. The van der Waals surface area contributed by atoms with Crippen LogP contribution < -0.4 is 10.0 Å². The zero-order valence-electron chi connectivity index (χ0n) is 11.2. The van der Waals surface area contributed by atoms with Gasteiger partial charge in [0.2, 0.25) is 16.0 Å². The topological polar surface area (TPSA) is 96.9 Å². The van der Waals surface area contributed by atoms with Gasteiger partial charge < -0.3 is 5.32 Å². The molecule has 0 aliphatic heterocycles. The fraction of sp³-hybridized carbons (Fsp3) is 0.250. The molecule has 2 aromatic heterocycles. The number of nitrogens with zero attached hydrogens (tertiary/aromatic N) is 3. The van der Waals surface area contributed by atoms with Crippen LogP contribution in [0.1, 0.15) is 11.1 Å². The highest BCUT2D eigenvalue weighted by Crippen LogP contribution is 2.10. The summed E-state index contributed by atoms with van der Waals surface area (Å²) in [5.74, 6) is 0.369. The van der Waals surface area contributed by atoms with Crippen molar-refractivity contribution in [3.63, 3.8) is 0 Å². The van der Waals surface area contributed by atoms with E-state index < -0.39 is 10.0 Å². The van der Waals surface area contributed by atoms with E-state index in [0.29, 0.717) is 5.95 Å². The smallest absolute Gasteiger partial charge is 0.243 e. The minimum atomic E-state index is -3.62. The van der Waals surface area contributed by atoms with E-state index in [1.807, 2.05) is 6.92 Å². The molecule has 2 rings (SSSR count). The molecule has 0 aliphatic carbocycles. The van der Waals surface area contributed by atoms with Gasteiger partial charge in [-0.25, -0.2) is 23.1 Å². The molecule has 2 aromatic rings. The van der Waals surface area contributed by atoms with Crippen molar-refractivity contribution in [2.45, 2.75) is 18.4 Å². The minimum Gasteiger partial charge on any atom is -0.357 e. The van der Waals surface area contributed by atoms with Gasteiger partial charge in [-0.3, -0.25) is 4.98 Å². The fourth-order valence-electron chi connectivity index (χ4n) is 1.54. The summed E-state index contributed by atoms with van der Waals surface area (Å²) in [6, 6.07) is 1.78. The van der Waals surface area contributed by atoms with E-state index in [1.165, 1.54) is 12.4 Å². The van der Waals surface area contributed by atoms with E-state index in [-0.39, 0.29) is 11.4 Å². The molecular weight excluding hydrogens is 278 g/mol. The van der Waals surface area contributed by atoms with Gasteiger partial charge in [0, 0.05) is 26.0 Å². The van der Waals surface area contributed by atoms with Gasteiger partial charge >= 0.3 is 0 Å². The average molecular weight is 293 g/mol. The Labute approximate surface area is 117 Å². The Kier molecular flexibility index (Phi) is 4.26. The van der Waals surface area contributed by atoms with E-state index in [9.17, 15) is 8.42 Å². The van der Waals surface area contributed by atoms with Crippen LogP contribution in [0.5, 0.6) is 0 Å². The number of hydrogen-bond acceptors (Lipinski definition) is 6. The van der Waals surface area contributed by atoms with Crippen LogP contribution in [-0.2, 0) is 16.6 Å². The maximum absolute atomic E-state index is 12.1. The lowest BCUT2D eigenvalue weighted by molar-refractivity contribution is 0.580. The number of aromatic nitrogens is 3. The van der Waals surface area contributed by atoms with Crippen LogP contribution in [-0.4, -0.2) is 30.4 Å². The molecule has 20 heavy (non-hydrogen) atoms. The monoisotopic (exact) mass is 293 g/mol. The highest BCUT2D eigenvalue weighted by molar-refractivity contribution is 7.89. The molecule has 0 bridgehead atoms. The first-order chi connectivity index (χ1) is 9.53. The summed E-state index contributed by atoms with van der Waals surface area (Å²) < 4.78 is 26.7. The molecule has 2 N–H and O–H groups in total. The van der Waals surface area contributed by atoms with Gasteiger partial charge in [-0.1, -0.05) is 0 Å². The van der Waals surface area contributed by atoms with Crippen molar-refractivity contribution >= 4 is 16.0 Å². The third-order valence-electron chi connectivity index (χ3n) is 2.75. The molecule has 0 aromatic carbocycles. The maximum Gasteiger partial charge on any atom is 0.243 e. The largest absolute Gasteiger partial charge is 0.357 e. The normalized spacial score (nSPS) is 11.3.